The van der Waals surface area contributed by atoms with Crippen LogP contribution in [-0.2, 0) is 47.5 Å². The zero-order valence-electron chi connectivity index (χ0n) is 54.7. The van der Waals surface area contributed by atoms with Gasteiger partial charge >= 0.3 is 36.6 Å². The van der Waals surface area contributed by atoms with Crippen molar-refractivity contribution >= 4 is 48.1 Å². The molecule has 6 bridgehead atoms. The molecule has 1 aliphatic heterocycles. The second kappa shape index (κ2) is 24.6. The first-order chi connectivity index (χ1) is 40.9. The van der Waals surface area contributed by atoms with Crippen LogP contribution in [0, 0.1) is 68.0 Å². The van der Waals surface area contributed by atoms with Crippen molar-refractivity contribution in [2.45, 2.75) is 246 Å². The SMILES string of the molecule is C=C[C@]1(C)C[C@@H](OC(=O)NC(=O)OC2CC(NC(=O)OC(C)(C)C)C2)[C@]2(C)[C@H](C)CC[C@]3(CC[C@@H](OC)[C@@H]32)[C@@H](C)C1=O.C=C[C@]1(C)C[C@@]2(OC(N)=O)O[C@@H]3CC[C@@]4(CC[C@@H](C)[C@]2(C)[C@@H]34)[C@@H](C)C1=O.CC(C)(C)OC(=O)NC1CC(OC(=O)n2ccnc2)C1. The number of carbonyl (C=O) groups excluding carboxylic acids is 8. The van der Waals surface area contributed by atoms with E-state index in [0.717, 1.165) is 51.4 Å². The van der Waals surface area contributed by atoms with E-state index in [1.165, 1.54) is 23.3 Å². The molecule has 0 radical (unpaired) electrons. The molecule has 1 aromatic rings. The number of amides is 5. The third-order valence-corrected chi connectivity index (χ3v) is 22.8. The van der Waals surface area contributed by atoms with Crippen molar-refractivity contribution in [1.29, 1.82) is 0 Å². The number of aromatic nitrogens is 2. The molecule has 88 heavy (non-hydrogen) atoms. The summed E-state index contributed by atoms with van der Waals surface area (Å²) < 4.78 is 46.8. The zero-order valence-corrected chi connectivity index (χ0v) is 54.7. The van der Waals surface area contributed by atoms with E-state index in [-0.39, 0.29) is 94.2 Å². The van der Waals surface area contributed by atoms with Gasteiger partial charge < -0.3 is 54.3 Å². The molecule has 5 N–H and O–H groups in total. The van der Waals surface area contributed by atoms with Crippen molar-refractivity contribution in [1.82, 2.24) is 25.5 Å². The number of rotatable bonds is 9. The van der Waals surface area contributed by atoms with E-state index in [4.69, 9.17) is 43.6 Å². The topological polar surface area (TPSA) is 290 Å². The quantitative estimate of drug-likeness (QED) is 0.132. The molecular weight excluding hydrogens is 1130 g/mol. The van der Waals surface area contributed by atoms with Crippen molar-refractivity contribution in [3.8, 4) is 0 Å². The number of methoxy groups -OCH3 is 1. The van der Waals surface area contributed by atoms with E-state index in [0.29, 0.717) is 38.0 Å². The molecule has 8 aliphatic carbocycles. The molecule has 16 atom stereocenters. The number of carbonyl (C=O) groups is 8. The number of ether oxygens (including phenoxy) is 8. The summed E-state index contributed by atoms with van der Waals surface area (Å²) in [6.07, 6.45) is 12.6. The summed E-state index contributed by atoms with van der Waals surface area (Å²) in [6.45, 7) is 35.5. The summed E-state index contributed by atoms with van der Waals surface area (Å²) in [5.74, 6) is -0.362. The Kier molecular flexibility index (Phi) is 19.0. The van der Waals surface area contributed by atoms with Crippen LogP contribution in [0.5, 0.6) is 0 Å². The molecule has 1 saturated heterocycles. The molecule has 490 valence electrons. The van der Waals surface area contributed by atoms with Crippen LogP contribution < -0.4 is 21.7 Å². The Morgan fingerprint density at radius 2 is 1.19 bits per heavy atom. The largest absolute Gasteiger partial charge is 0.446 e. The van der Waals surface area contributed by atoms with Gasteiger partial charge in [-0.1, -0.05) is 53.7 Å². The minimum atomic E-state index is -1.17. The average molecular weight is 1230 g/mol. The Hall–Kier alpha value is -6.03. The van der Waals surface area contributed by atoms with E-state index >= 15 is 0 Å². The fraction of sp³-hybridized carbons (Fsp3) is 0.773. The first-order valence-electron chi connectivity index (χ1n) is 31.8. The number of hydrogen-bond donors (Lipinski definition) is 4. The number of ketones is 2. The van der Waals surface area contributed by atoms with E-state index in [9.17, 15) is 38.4 Å². The predicted molar refractivity (Wildman–Crippen MR) is 323 cm³/mol. The molecule has 10 rings (SSSR count). The number of primary amides is 1. The summed E-state index contributed by atoms with van der Waals surface area (Å²) in [5, 5.41) is 7.71. The van der Waals surface area contributed by atoms with E-state index < -0.39 is 82.0 Å². The van der Waals surface area contributed by atoms with Gasteiger partial charge in [0.25, 0.3) is 0 Å². The van der Waals surface area contributed by atoms with Gasteiger partial charge in [-0.3, -0.25) is 9.59 Å². The average Bonchev–Trinajstić information content (AvgIpc) is 1.53. The minimum Gasteiger partial charge on any atom is -0.446 e. The van der Waals surface area contributed by atoms with Gasteiger partial charge in [0.2, 0.25) is 5.79 Å². The molecular formula is C66H100N6O16. The Morgan fingerprint density at radius 1 is 0.693 bits per heavy atom. The molecule has 1 aromatic heterocycles. The van der Waals surface area contributed by atoms with Crippen LogP contribution in [0.2, 0.25) is 0 Å². The molecule has 2 heterocycles. The first kappa shape index (κ1) is 67.9. The fourth-order valence-electron chi connectivity index (χ4n) is 17.6. The van der Waals surface area contributed by atoms with Crippen molar-refractivity contribution in [3.63, 3.8) is 0 Å². The third-order valence-electron chi connectivity index (χ3n) is 22.8. The van der Waals surface area contributed by atoms with Crippen LogP contribution >= 0.6 is 0 Å². The van der Waals surface area contributed by atoms with Crippen LogP contribution in [-0.4, -0.2) is 124 Å². The van der Waals surface area contributed by atoms with Gasteiger partial charge in [0.05, 0.1) is 17.6 Å². The van der Waals surface area contributed by atoms with Gasteiger partial charge in [-0.15, -0.1) is 13.2 Å². The molecule has 9 aliphatic rings. The van der Waals surface area contributed by atoms with Crippen LogP contribution in [0.4, 0.5) is 28.8 Å². The lowest BCUT2D eigenvalue weighted by Crippen LogP contribution is -2.64. The summed E-state index contributed by atoms with van der Waals surface area (Å²) in [7, 11) is 1.72. The second-order valence-corrected chi connectivity index (χ2v) is 30.1. The molecule has 5 amide bonds. The number of nitrogens with zero attached hydrogens (tertiary/aromatic N) is 2. The second-order valence-electron chi connectivity index (χ2n) is 30.1. The van der Waals surface area contributed by atoms with Crippen LogP contribution in [0.1, 0.15) is 187 Å². The fourth-order valence-corrected chi connectivity index (χ4v) is 17.6. The highest BCUT2D eigenvalue weighted by Crippen LogP contribution is 2.75. The van der Waals surface area contributed by atoms with Gasteiger partial charge in [-0.2, -0.15) is 0 Å². The Bertz CT molecular complexity index is 2840. The molecule has 22 nitrogen and oxygen atoms in total. The van der Waals surface area contributed by atoms with Crippen molar-refractivity contribution < 1.29 is 76.3 Å². The minimum absolute atomic E-state index is 0.00885. The molecule has 8 saturated carbocycles. The summed E-state index contributed by atoms with van der Waals surface area (Å²) in [4.78, 5) is 104. The maximum absolute atomic E-state index is 14.0. The van der Waals surface area contributed by atoms with E-state index in [2.05, 4.69) is 75.6 Å². The van der Waals surface area contributed by atoms with Gasteiger partial charge in [0.1, 0.15) is 47.4 Å². The van der Waals surface area contributed by atoms with Crippen LogP contribution in [0.25, 0.3) is 0 Å². The Labute approximate surface area is 519 Å². The highest BCUT2D eigenvalue weighted by atomic mass is 16.7. The Balaban J connectivity index is 0.000000185. The molecule has 9 fully saturated rings. The standard InChI is InChI=1S/C32H50N2O8.C21H31NO4.C13H19N3O4/c1-10-30(7)17-23(31(8)18(2)11-13-32(19(3)25(30)35)14-12-22(39-9)24(31)32)41-27(37)34-26(36)40-21-15-20(16-21)33-28(38)42-29(4,5)6;1-6-18(4)11-21(26-17(22)24)19(5)12(2)7-9-20(13(3)16(18)23)10-8-14(25-21)15(19)20;1-13(2,3)20-11(17)15-9-6-10(7-9)19-12(18)16-5-4-14-8-16/h10,18-24H,1,11-17H2,2-9H3,(H,33,38)(H,34,36,37);6,12-15H,1,7-11H2,2-5H3,(H2,22,24);4-5,8-10H,6-7H2,1-3H3,(H,15,17)/t18-,19+,20?,21?,22-,23-,24-,30-,31+,32+;12-,13+,14-,15-,18-,19-,20+,21+;/m11./s1. The van der Waals surface area contributed by atoms with Gasteiger partial charge in [0.15, 0.2) is 0 Å². The van der Waals surface area contributed by atoms with Crippen molar-refractivity contribution in [2.75, 3.05) is 7.11 Å². The van der Waals surface area contributed by atoms with Gasteiger partial charge in [0, 0.05) is 110 Å². The number of imidazole rings is 1. The number of imide groups is 1. The lowest BCUT2D eigenvalue weighted by molar-refractivity contribution is -0.272. The van der Waals surface area contributed by atoms with Crippen LogP contribution in [0.15, 0.2) is 44.0 Å². The van der Waals surface area contributed by atoms with Crippen molar-refractivity contribution in [3.05, 3.63) is 44.0 Å². The number of nitrogens with one attached hydrogen (secondary N) is 3. The summed E-state index contributed by atoms with van der Waals surface area (Å²) in [6, 6.07) is -0.186. The summed E-state index contributed by atoms with van der Waals surface area (Å²) >= 11 is 0. The number of nitrogens with two attached hydrogens (primary N) is 1. The van der Waals surface area contributed by atoms with E-state index in [1.807, 2.05) is 34.6 Å². The molecule has 0 unspecified atom stereocenters. The lowest BCUT2D eigenvalue weighted by atomic mass is 9.44. The highest BCUT2D eigenvalue weighted by molar-refractivity contribution is 5.91. The zero-order chi connectivity index (χ0) is 65.1. The molecule has 0 aromatic carbocycles. The monoisotopic (exact) mass is 1230 g/mol. The molecule has 0 spiro atoms. The predicted octanol–water partition coefficient (Wildman–Crippen LogP) is 11.7. The van der Waals surface area contributed by atoms with Crippen LogP contribution in [0.3, 0.4) is 0 Å². The smallest absolute Gasteiger partial charge is 0.419 e. The third kappa shape index (κ3) is 12.6. The van der Waals surface area contributed by atoms with Gasteiger partial charge in [-0.05, 0) is 129 Å². The molecule has 22 heteroatoms. The number of hydrogen-bond acceptors (Lipinski definition) is 17. The normalized spacial score (nSPS) is 40.9. The van der Waals surface area contributed by atoms with E-state index in [1.54, 1.807) is 40.0 Å². The number of allylic oxidation sites excluding steroid dienone is 2. The maximum Gasteiger partial charge on any atom is 0.419 e. The van der Waals surface area contributed by atoms with Crippen molar-refractivity contribution in [2.24, 2.45) is 73.7 Å². The lowest BCUT2D eigenvalue weighted by Gasteiger charge is -2.61. The Morgan fingerprint density at radius 3 is 1.70 bits per heavy atom. The van der Waals surface area contributed by atoms with Gasteiger partial charge in [-0.25, -0.2) is 43.6 Å². The number of alkyl carbamates (subject to hydrolysis) is 4. The highest BCUT2D eigenvalue weighted by Gasteiger charge is 2.79. The first-order valence-corrected chi connectivity index (χ1v) is 31.8. The summed E-state index contributed by atoms with van der Waals surface area (Å²) in [5.41, 5.74) is 1.48. The number of Topliss-reactive ketones (excluding diaryl/α,β-unsaturated/α-hetero) is 2. The maximum atomic E-state index is 14.0.